The first kappa shape index (κ1) is 13.1. The SMILES string of the molecule is Cc1nn(C)c(CN[C@H](C)C2CCCC2)c1Br. The van der Waals surface area contributed by atoms with Crippen molar-refractivity contribution in [3.63, 3.8) is 0 Å². The number of aryl methyl sites for hydroxylation is 2. The van der Waals surface area contributed by atoms with Crippen molar-refractivity contribution in [2.45, 2.75) is 52.1 Å². The fraction of sp³-hybridized carbons (Fsp3) is 0.769. The summed E-state index contributed by atoms with van der Waals surface area (Å²) in [6, 6.07) is 0.611. The number of hydrogen-bond donors (Lipinski definition) is 1. The van der Waals surface area contributed by atoms with Crippen molar-refractivity contribution in [2.24, 2.45) is 13.0 Å². The predicted molar refractivity (Wildman–Crippen MR) is 73.9 cm³/mol. The summed E-state index contributed by atoms with van der Waals surface area (Å²) in [7, 11) is 2.01. The molecule has 1 heterocycles. The van der Waals surface area contributed by atoms with Crippen LogP contribution in [0.15, 0.2) is 4.47 Å². The minimum Gasteiger partial charge on any atom is -0.308 e. The van der Waals surface area contributed by atoms with E-state index < -0.39 is 0 Å². The molecule has 0 bridgehead atoms. The van der Waals surface area contributed by atoms with E-state index in [1.165, 1.54) is 31.4 Å². The van der Waals surface area contributed by atoms with Crippen molar-refractivity contribution in [1.82, 2.24) is 15.1 Å². The fourth-order valence-corrected chi connectivity index (χ4v) is 3.23. The van der Waals surface area contributed by atoms with E-state index in [-0.39, 0.29) is 0 Å². The van der Waals surface area contributed by atoms with Gasteiger partial charge in [0.2, 0.25) is 0 Å². The molecule has 0 aromatic carbocycles. The molecule has 1 aliphatic carbocycles. The molecule has 1 saturated carbocycles. The Morgan fingerprint density at radius 1 is 1.47 bits per heavy atom. The highest BCUT2D eigenvalue weighted by Gasteiger charge is 2.21. The molecular formula is C13H22BrN3. The maximum Gasteiger partial charge on any atom is 0.0739 e. The highest BCUT2D eigenvalue weighted by atomic mass is 79.9. The minimum atomic E-state index is 0.611. The average molecular weight is 300 g/mol. The Bertz CT molecular complexity index is 380. The molecule has 96 valence electrons. The van der Waals surface area contributed by atoms with Crippen LogP contribution in [-0.4, -0.2) is 15.8 Å². The van der Waals surface area contributed by atoms with Crippen molar-refractivity contribution in [3.05, 3.63) is 15.9 Å². The first-order chi connectivity index (χ1) is 8.09. The number of hydrogen-bond acceptors (Lipinski definition) is 2. The van der Waals surface area contributed by atoms with Crippen molar-refractivity contribution in [2.75, 3.05) is 0 Å². The van der Waals surface area contributed by atoms with Crippen molar-refractivity contribution < 1.29 is 0 Å². The molecular weight excluding hydrogens is 278 g/mol. The van der Waals surface area contributed by atoms with Gasteiger partial charge in [0.1, 0.15) is 0 Å². The van der Waals surface area contributed by atoms with Crippen LogP contribution in [0, 0.1) is 12.8 Å². The molecule has 1 fully saturated rings. The Morgan fingerprint density at radius 2 is 2.12 bits per heavy atom. The molecule has 0 radical (unpaired) electrons. The lowest BCUT2D eigenvalue weighted by atomic mass is 10.00. The van der Waals surface area contributed by atoms with E-state index in [1.807, 2.05) is 18.7 Å². The molecule has 2 rings (SSSR count). The zero-order valence-corrected chi connectivity index (χ0v) is 12.5. The number of halogens is 1. The van der Waals surface area contributed by atoms with Gasteiger partial charge in [-0.3, -0.25) is 4.68 Å². The van der Waals surface area contributed by atoms with Crippen LogP contribution in [0.4, 0.5) is 0 Å². The molecule has 0 unspecified atom stereocenters. The summed E-state index contributed by atoms with van der Waals surface area (Å²) in [5.74, 6) is 0.864. The molecule has 1 aliphatic rings. The van der Waals surface area contributed by atoms with Crippen LogP contribution in [0.25, 0.3) is 0 Å². The van der Waals surface area contributed by atoms with Crippen LogP contribution in [0.3, 0.4) is 0 Å². The molecule has 0 saturated heterocycles. The first-order valence-electron chi connectivity index (χ1n) is 6.51. The second kappa shape index (κ2) is 5.53. The van der Waals surface area contributed by atoms with Gasteiger partial charge < -0.3 is 5.32 Å². The standard InChI is InChI=1S/C13H22BrN3/c1-9(11-6-4-5-7-11)15-8-12-13(14)10(2)16-17(12)3/h9,11,15H,4-8H2,1-3H3/t9-/m1/s1. The van der Waals surface area contributed by atoms with Gasteiger partial charge in [-0.15, -0.1) is 0 Å². The second-order valence-corrected chi connectivity index (χ2v) is 5.98. The molecule has 1 N–H and O–H groups in total. The Balaban J connectivity index is 1.92. The van der Waals surface area contributed by atoms with Crippen molar-refractivity contribution in [3.8, 4) is 0 Å². The lowest BCUT2D eigenvalue weighted by Crippen LogP contribution is -2.32. The van der Waals surface area contributed by atoms with Gasteiger partial charge in [0.25, 0.3) is 0 Å². The van der Waals surface area contributed by atoms with E-state index >= 15 is 0 Å². The van der Waals surface area contributed by atoms with E-state index in [9.17, 15) is 0 Å². The third kappa shape index (κ3) is 2.91. The molecule has 0 aliphatic heterocycles. The van der Waals surface area contributed by atoms with Gasteiger partial charge in [-0.05, 0) is 48.5 Å². The normalized spacial score (nSPS) is 18.8. The summed E-state index contributed by atoms with van der Waals surface area (Å²) in [6.45, 7) is 5.25. The van der Waals surface area contributed by atoms with Crippen LogP contribution >= 0.6 is 15.9 Å². The van der Waals surface area contributed by atoms with Crippen molar-refractivity contribution in [1.29, 1.82) is 0 Å². The smallest absolute Gasteiger partial charge is 0.0739 e. The number of aromatic nitrogens is 2. The van der Waals surface area contributed by atoms with Gasteiger partial charge in [0, 0.05) is 19.6 Å². The van der Waals surface area contributed by atoms with Crippen LogP contribution in [-0.2, 0) is 13.6 Å². The Labute approximate surface area is 112 Å². The summed E-state index contributed by atoms with van der Waals surface area (Å²) >= 11 is 3.61. The van der Waals surface area contributed by atoms with Crippen LogP contribution < -0.4 is 5.32 Å². The first-order valence-corrected chi connectivity index (χ1v) is 7.30. The highest BCUT2D eigenvalue weighted by Crippen LogP contribution is 2.28. The van der Waals surface area contributed by atoms with Gasteiger partial charge in [0.05, 0.1) is 15.9 Å². The Hall–Kier alpha value is -0.350. The summed E-state index contributed by atoms with van der Waals surface area (Å²) in [4.78, 5) is 0. The maximum absolute atomic E-state index is 4.42. The highest BCUT2D eigenvalue weighted by molar-refractivity contribution is 9.10. The molecule has 1 aromatic heterocycles. The molecule has 1 atom stereocenters. The second-order valence-electron chi connectivity index (χ2n) is 5.18. The van der Waals surface area contributed by atoms with Gasteiger partial charge >= 0.3 is 0 Å². The molecule has 0 spiro atoms. The summed E-state index contributed by atoms with van der Waals surface area (Å²) in [5.41, 5.74) is 2.31. The van der Waals surface area contributed by atoms with Gasteiger partial charge in [-0.2, -0.15) is 5.10 Å². The van der Waals surface area contributed by atoms with E-state index in [0.717, 1.165) is 22.6 Å². The summed E-state index contributed by atoms with van der Waals surface area (Å²) in [5, 5.41) is 8.06. The summed E-state index contributed by atoms with van der Waals surface area (Å²) < 4.78 is 3.11. The zero-order valence-electron chi connectivity index (χ0n) is 11.0. The topological polar surface area (TPSA) is 29.9 Å². The van der Waals surface area contributed by atoms with Gasteiger partial charge in [-0.1, -0.05) is 12.8 Å². The average Bonchev–Trinajstić information content (AvgIpc) is 2.88. The Morgan fingerprint density at radius 3 is 2.65 bits per heavy atom. The van der Waals surface area contributed by atoms with Gasteiger partial charge in [0.15, 0.2) is 0 Å². The van der Waals surface area contributed by atoms with E-state index in [1.54, 1.807) is 0 Å². The largest absolute Gasteiger partial charge is 0.308 e. The quantitative estimate of drug-likeness (QED) is 0.925. The third-order valence-corrected chi connectivity index (χ3v) is 4.99. The van der Waals surface area contributed by atoms with E-state index in [4.69, 9.17) is 0 Å². The zero-order chi connectivity index (χ0) is 12.4. The Kier molecular flexibility index (Phi) is 4.26. The van der Waals surface area contributed by atoms with E-state index in [2.05, 4.69) is 33.3 Å². The van der Waals surface area contributed by atoms with Gasteiger partial charge in [-0.25, -0.2) is 0 Å². The lowest BCUT2D eigenvalue weighted by Gasteiger charge is -2.20. The number of nitrogens with zero attached hydrogens (tertiary/aromatic N) is 2. The molecule has 4 heteroatoms. The molecule has 17 heavy (non-hydrogen) atoms. The molecule has 0 amide bonds. The third-order valence-electron chi connectivity index (χ3n) is 3.96. The lowest BCUT2D eigenvalue weighted by molar-refractivity contribution is 0.376. The summed E-state index contributed by atoms with van der Waals surface area (Å²) in [6.07, 6.45) is 5.59. The molecule has 1 aromatic rings. The maximum atomic E-state index is 4.42. The van der Waals surface area contributed by atoms with Crippen LogP contribution in [0.2, 0.25) is 0 Å². The van der Waals surface area contributed by atoms with Crippen LogP contribution in [0.1, 0.15) is 44.0 Å². The van der Waals surface area contributed by atoms with Crippen molar-refractivity contribution >= 4 is 15.9 Å². The monoisotopic (exact) mass is 299 g/mol. The predicted octanol–water partition coefficient (Wildman–Crippen LogP) is 3.16. The minimum absolute atomic E-state index is 0.611. The van der Waals surface area contributed by atoms with Crippen LogP contribution in [0.5, 0.6) is 0 Å². The fourth-order valence-electron chi connectivity index (χ4n) is 2.75. The van der Waals surface area contributed by atoms with E-state index in [0.29, 0.717) is 6.04 Å². The number of rotatable bonds is 4. The number of nitrogens with one attached hydrogen (secondary N) is 1. The molecule has 3 nitrogen and oxygen atoms in total.